The van der Waals surface area contributed by atoms with E-state index in [9.17, 15) is 15.0 Å². The average molecular weight is 323 g/mol. The zero-order chi connectivity index (χ0) is 16.8. The van der Waals surface area contributed by atoms with Gasteiger partial charge in [0.2, 0.25) is 5.91 Å². The fourth-order valence-electron chi connectivity index (χ4n) is 3.09. The van der Waals surface area contributed by atoms with Crippen LogP contribution in [0.4, 0.5) is 0 Å². The van der Waals surface area contributed by atoms with Crippen LogP contribution in [0.3, 0.4) is 0 Å². The fourth-order valence-corrected chi connectivity index (χ4v) is 3.09. The van der Waals surface area contributed by atoms with Gasteiger partial charge in [0.25, 0.3) is 0 Å². The first-order chi connectivity index (χ1) is 11.2. The number of carbonyl (C=O) groups is 1. The summed E-state index contributed by atoms with van der Waals surface area (Å²) in [6.45, 7) is 4.12. The van der Waals surface area contributed by atoms with Crippen molar-refractivity contribution in [3.05, 3.63) is 35.9 Å². The number of aliphatic hydroxyl groups excluding tert-OH is 2. The highest BCUT2D eigenvalue weighted by atomic mass is 16.7. The molecule has 1 saturated heterocycles. The summed E-state index contributed by atoms with van der Waals surface area (Å²) in [5, 5.41) is 19.5. The van der Waals surface area contributed by atoms with E-state index in [0.29, 0.717) is 13.2 Å². The molecule has 0 aliphatic carbocycles. The fraction of sp³-hybridized carbons (Fsp3) is 0.588. The summed E-state index contributed by atoms with van der Waals surface area (Å²) < 4.78 is 11.0. The lowest BCUT2D eigenvalue weighted by Crippen LogP contribution is -2.67. The molecule has 1 fully saturated rings. The molecule has 0 bridgehead atoms. The zero-order valence-electron chi connectivity index (χ0n) is 13.6. The van der Waals surface area contributed by atoms with E-state index >= 15 is 0 Å². The van der Waals surface area contributed by atoms with Gasteiger partial charge in [-0.2, -0.15) is 0 Å². The lowest BCUT2D eigenvalue weighted by molar-refractivity contribution is -0.223. The van der Waals surface area contributed by atoms with Crippen LogP contribution in [0.2, 0.25) is 0 Å². The Morgan fingerprint density at radius 2 is 1.74 bits per heavy atom. The number of benzene rings is 1. The summed E-state index contributed by atoms with van der Waals surface area (Å²) in [6, 6.07) is 8.41. The van der Waals surface area contributed by atoms with Gasteiger partial charge in [-0.05, 0) is 19.4 Å². The van der Waals surface area contributed by atoms with Gasteiger partial charge in [-0.3, -0.25) is 4.79 Å². The molecule has 3 atom stereocenters. The molecule has 0 radical (unpaired) electrons. The van der Waals surface area contributed by atoms with Crippen molar-refractivity contribution in [1.82, 2.24) is 4.90 Å². The molecule has 6 heteroatoms. The highest BCUT2D eigenvalue weighted by Gasteiger charge is 2.54. The number of amides is 1. The van der Waals surface area contributed by atoms with Crippen LogP contribution in [0.1, 0.15) is 25.5 Å². The first kappa shape index (κ1) is 17.9. The summed E-state index contributed by atoms with van der Waals surface area (Å²) in [6.07, 6.45) is -0.666. The lowest BCUT2D eigenvalue weighted by Gasteiger charge is -2.51. The Kier molecular flexibility index (Phi) is 6.53. The quantitative estimate of drug-likeness (QED) is 0.522. The second-order valence-electron chi connectivity index (χ2n) is 5.41. The molecule has 0 unspecified atom stereocenters. The van der Waals surface area contributed by atoms with E-state index in [1.54, 1.807) is 0 Å². The molecule has 0 aromatic heterocycles. The molecule has 23 heavy (non-hydrogen) atoms. The Morgan fingerprint density at radius 3 is 2.22 bits per heavy atom. The molecule has 2 rings (SSSR count). The SMILES string of the molecule is CCOC(OCC)[C@@H]1C(=O)N([C@H](CO)c2ccccc2)[C@@H]1CO. The molecule has 128 valence electrons. The summed E-state index contributed by atoms with van der Waals surface area (Å²) >= 11 is 0. The van der Waals surface area contributed by atoms with Crippen LogP contribution in [-0.2, 0) is 14.3 Å². The Hall–Kier alpha value is -1.47. The third-order valence-corrected chi connectivity index (χ3v) is 4.15. The second kappa shape index (κ2) is 8.40. The smallest absolute Gasteiger partial charge is 0.233 e. The highest BCUT2D eigenvalue weighted by molar-refractivity contribution is 5.87. The van der Waals surface area contributed by atoms with Gasteiger partial charge in [-0.25, -0.2) is 0 Å². The van der Waals surface area contributed by atoms with Crippen molar-refractivity contribution in [2.24, 2.45) is 5.92 Å². The van der Waals surface area contributed by atoms with E-state index in [0.717, 1.165) is 5.56 Å². The van der Waals surface area contributed by atoms with E-state index in [1.165, 1.54) is 4.90 Å². The minimum absolute atomic E-state index is 0.168. The first-order valence-corrected chi connectivity index (χ1v) is 8.01. The number of nitrogens with zero attached hydrogens (tertiary/aromatic N) is 1. The Balaban J connectivity index is 2.19. The third kappa shape index (κ3) is 3.55. The van der Waals surface area contributed by atoms with Gasteiger partial charge >= 0.3 is 0 Å². The normalized spacial score (nSPS) is 22.3. The van der Waals surface area contributed by atoms with Crippen LogP contribution in [0.5, 0.6) is 0 Å². The number of rotatable bonds is 9. The van der Waals surface area contributed by atoms with Gasteiger partial charge in [0.1, 0.15) is 5.92 Å². The molecule has 1 aliphatic rings. The van der Waals surface area contributed by atoms with Crippen LogP contribution in [0.25, 0.3) is 0 Å². The minimum Gasteiger partial charge on any atom is -0.394 e. The summed E-state index contributed by atoms with van der Waals surface area (Å²) in [7, 11) is 0. The molecular formula is C17H25NO5. The number of likely N-dealkylation sites (tertiary alicyclic amines) is 1. The predicted octanol–water partition coefficient (Wildman–Crippen LogP) is 0.938. The molecule has 0 saturated carbocycles. The zero-order valence-corrected chi connectivity index (χ0v) is 13.6. The Bertz CT molecular complexity index is 489. The van der Waals surface area contributed by atoms with Crippen LogP contribution in [-0.4, -0.2) is 59.8 Å². The topological polar surface area (TPSA) is 79.2 Å². The van der Waals surface area contributed by atoms with Crippen molar-refractivity contribution < 1.29 is 24.5 Å². The summed E-state index contributed by atoms with van der Waals surface area (Å²) in [4.78, 5) is 14.2. The standard InChI is InChI=1S/C17H25NO5/c1-3-22-17(23-4-2)15-14(11-20)18(16(15)21)13(10-19)12-8-6-5-7-9-12/h5-9,13-15,17,19-20H,3-4,10-11H2,1-2H3/t13-,14-,15+/m1/s1. The maximum atomic E-state index is 12.6. The van der Waals surface area contributed by atoms with E-state index in [1.807, 2.05) is 44.2 Å². The predicted molar refractivity (Wildman–Crippen MR) is 84.5 cm³/mol. The number of β-lactam (4-membered cyclic amide) rings is 1. The maximum Gasteiger partial charge on any atom is 0.233 e. The van der Waals surface area contributed by atoms with Crippen molar-refractivity contribution in [3.63, 3.8) is 0 Å². The van der Waals surface area contributed by atoms with E-state index in [2.05, 4.69) is 0 Å². The molecule has 1 aliphatic heterocycles. The van der Waals surface area contributed by atoms with Gasteiger partial charge in [-0.1, -0.05) is 30.3 Å². The van der Waals surface area contributed by atoms with Crippen molar-refractivity contribution in [2.45, 2.75) is 32.2 Å². The van der Waals surface area contributed by atoms with Crippen LogP contribution in [0, 0.1) is 5.92 Å². The molecule has 1 aromatic carbocycles. The van der Waals surface area contributed by atoms with Gasteiger partial charge < -0.3 is 24.6 Å². The van der Waals surface area contributed by atoms with Crippen molar-refractivity contribution in [2.75, 3.05) is 26.4 Å². The van der Waals surface area contributed by atoms with Crippen LogP contribution >= 0.6 is 0 Å². The van der Waals surface area contributed by atoms with Gasteiger partial charge in [0.05, 0.1) is 25.3 Å². The van der Waals surface area contributed by atoms with Gasteiger partial charge in [0.15, 0.2) is 6.29 Å². The number of ether oxygens (including phenoxy) is 2. The molecule has 0 spiro atoms. The molecule has 6 nitrogen and oxygen atoms in total. The summed E-state index contributed by atoms with van der Waals surface area (Å²) in [5.41, 5.74) is 0.838. The molecule has 2 N–H and O–H groups in total. The minimum atomic E-state index is -0.666. The molecule has 1 amide bonds. The third-order valence-electron chi connectivity index (χ3n) is 4.15. The molecular weight excluding hydrogens is 298 g/mol. The largest absolute Gasteiger partial charge is 0.394 e. The Morgan fingerprint density at radius 1 is 1.13 bits per heavy atom. The first-order valence-electron chi connectivity index (χ1n) is 8.01. The van der Waals surface area contributed by atoms with E-state index in [-0.39, 0.29) is 19.1 Å². The monoisotopic (exact) mass is 323 g/mol. The van der Waals surface area contributed by atoms with E-state index < -0.39 is 24.3 Å². The summed E-state index contributed by atoms with van der Waals surface area (Å²) in [5.74, 6) is -0.712. The Labute approximate surface area is 136 Å². The molecule has 1 aromatic rings. The van der Waals surface area contributed by atoms with Crippen LogP contribution < -0.4 is 0 Å². The number of carbonyl (C=O) groups excluding carboxylic acids is 1. The highest BCUT2D eigenvalue weighted by Crippen LogP contribution is 2.38. The van der Waals surface area contributed by atoms with Gasteiger partial charge in [-0.15, -0.1) is 0 Å². The number of aliphatic hydroxyl groups is 2. The van der Waals surface area contributed by atoms with Gasteiger partial charge in [0, 0.05) is 13.2 Å². The van der Waals surface area contributed by atoms with Crippen LogP contribution in [0.15, 0.2) is 30.3 Å². The average Bonchev–Trinajstić information content (AvgIpc) is 2.57. The lowest BCUT2D eigenvalue weighted by atomic mass is 9.84. The van der Waals surface area contributed by atoms with Crippen molar-refractivity contribution >= 4 is 5.91 Å². The number of hydrogen-bond donors (Lipinski definition) is 2. The van der Waals surface area contributed by atoms with Crippen molar-refractivity contribution in [3.8, 4) is 0 Å². The maximum absolute atomic E-state index is 12.6. The second-order valence-corrected chi connectivity index (χ2v) is 5.41. The molecule has 1 heterocycles. The van der Waals surface area contributed by atoms with Crippen molar-refractivity contribution in [1.29, 1.82) is 0 Å². The van der Waals surface area contributed by atoms with E-state index in [4.69, 9.17) is 9.47 Å². The number of hydrogen-bond acceptors (Lipinski definition) is 5.